The first-order valence-corrected chi connectivity index (χ1v) is 6.12. The second-order valence-electron chi connectivity index (χ2n) is 4.73. The Morgan fingerprint density at radius 1 is 1.06 bits per heavy atom. The van der Waals surface area contributed by atoms with Crippen molar-refractivity contribution < 1.29 is 4.39 Å². The molecular weight excluding hydrogens is 225 g/mol. The van der Waals surface area contributed by atoms with Gasteiger partial charge in [-0.3, -0.25) is 0 Å². The Hall–Kier alpha value is -1.83. The van der Waals surface area contributed by atoms with E-state index in [4.69, 9.17) is 0 Å². The van der Waals surface area contributed by atoms with Gasteiger partial charge in [-0.1, -0.05) is 18.2 Å². The van der Waals surface area contributed by atoms with Crippen molar-refractivity contribution in [3.8, 4) is 0 Å². The van der Waals surface area contributed by atoms with Crippen LogP contribution in [0, 0.1) is 26.6 Å². The van der Waals surface area contributed by atoms with Gasteiger partial charge in [-0.05, 0) is 61.2 Å². The van der Waals surface area contributed by atoms with Crippen LogP contribution in [-0.2, 0) is 6.54 Å². The fourth-order valence-corrected chi connectivity index (χ4v) is 2.04. The maximum Gasteiger partial charge on any atom is 0.125 e. The fraction of sp³-hybridized carbons (Fsp3) is 0.250. The van der Waals surface area contributed by atoms with E-state index in [1.54, 1.807) is 0 Å². The standard InChI is InChI=1S/C16H18FN/c1-11-7-15(17)9-16(8-11)18-10-14-6-4-5-12(2)13(14)3/h4-9,18H,10H2,1-3H3. The summed E-state index contributed by atoms with van der Waals surface area (Å²) in [5, 5.41) is 3.27. The molecule has 1 N–H and O–H groups in total. The van der Waals surface area contributed by atoms with Crippen LogP contribution in [0.3, 0.4) is 0 Å². The minimum absolute atomic E-state index is 0.196. The predicted molar refractivity (Wildman–Crippen MR) is 74.4 cm³/mol. The van der Waals surface area contributed by atoms with E-state index in [9.17, 15) is 4.39 Å². The van der Waals surface area contributed by atoms with Crippen LogP contribution in [0.25, 0.3) is 0 Å². The van der Waals surface area contributed by atoms with E-state index in [1.165, 1.54) is 28.8 Å². The largest absolute Gasteiger partial charge is 0.381 e. The predicted octanol–water partition coefficient (Wildman–Crippen LogP) is 4.36. The molecule has 18 heavy (non-hydrogen) atoms. The first-order chi connectivity index (χ1) is 8.56. The van der Waals surface area contributed by atoms with Crippen LogP contribution in [-0.4, -0.2) is 0 Å². The van der Waals surface area contributed by atoms with Crippen molar-refractivity contribution in [1.29, 1.82) is 0 Å². The molecule has 2 rings (SSSR count). The van der Waals surface area contributed by atoms with Crippen molar-refractivity contribution in [2.24, 2.45) is 0 Å². The van der Waals surface area contributed by atoms with Crippen LogP contribution >= 0.6 is 0 Å². The average Bonchev–Trinajstić information content (AvgIpc) is 2.30. The molecule has 1 nitrogen and oxygen atoms in total. The van der Waals surface area contributed by atoms with Crippen LogP contribution in [0.1, 0.15) is 22.3 Å². The maximum absolute atomic E-state index is 13.3. The molecule has 0 saturated carbocycles. The molecule has 0 aliphatic rings. The fourth-order valence-electron chi connectivity index (χ4n) is 2.04. The van der Waals surface area contributed by atoms with Gasteiger partial charge in [0.2, 0.25) is 0 Å². The molecule has 0 aliphatic heterocycles. The Kier molecular flexibility index (Phi) is 3.66. The first-order valence-electron chi connectivity index (χ1n) is 6.12. The lowest BCUT2D eigenvalue weighted by Crippen LogP contribution is -2.02. The highest BCUT2D eigenvalue weighted by Gasteiger charge is 2.02. The molecule has 0 heterocycles. The third-order valence-electron chi connectivity index (χ3n) is 3.24. The van der Waals surface area contributed by atoms with Crippen molar-refractivity contribution in [2.75, 3.05) is 5.32 Å². The van der Waals surface area contributed by atoms with Gasteiger partial charge in [0, 0.05) is 12.2 Å². The molecule has 0 bridgehead atoms. The summed E-state index contributed by atoms with van der Waals surface area (Å²) in [6, 6.07) is 11.3. The number of anilines is 1. The first kappa shape index (κ1) is 12.6. The van der Waals surface area contributed by atoms with Crippen LogP contribution in [0.2, 0.25) is 0 Å². The molecule has 0 fully saturated rings. The zero-order chi connectivity index (χ0) is 13.1. The maximum atomic E-state index is 13.3. The van der Waals surface area contributed by atoms with Gasteiger partial charge >= 0.3 is 0 Å². The molecule has 2 aromatic rings. The number of aryl methyl sites for hydroxylation is 2. The lowest BCUT2D eigenvalue weighted by molar-refractivity contribution is 0.627. The van der Waals surface area contributed by atoms with Crippen molar-refractivity contribution in [3.05, 3.63) is 64.5 Å². The summed E-state index contributed by atoms with van der Waals surface area (Å²) in [5.41, 5.74) is 5.58. The number of rotatable bonds is 3. The number of hydrogen-bond acceptors (Lipinski definition) is 1. The Morgan fingerprint density at radius 2 is 1.83 bits per heavy atom. The van der Waals surface area contributed by atoms with E-state index >= 15 is 0 Å². The smallest absolute Gasteiger partial charge is 0.125 e. The molecule has 2 heteroatoms. The van der Waals surface area contributed by atoms with Crippen LogP contribution in [0.5, 0.6) is 0 Å². The molecular formula is C16H18FN. The highest BCUT2D eigenvalue weighted by atomic mass is 19.1. The van der Waals surface area contributed by atoms with Crippen molar-refractivity contribution in [1.82, 2.24) is 0 Å². The molecule has 94 valence electrons. The van der Waals surface area contributed by atoms with E-state index in [0.717, 1.165) is 17.8 Å². The molecule has 0 amide bonds. The third kappa shape index (κ3) is 2.89. The summed E-state index contributed by atoms with van der Waals surface area (Å²) in [4.78, 5) is 0. The van der Waals surface area contributed by atoms with Crippen LogP contribution in [0.4, 0.5) is 10.1 Å². The van der Waals surface area contributed by atoms with Gasteiger partial charge in [0.05, 0.1) is 0 Å². The number of nitrogens with one attached hydrogen (secondary N) is 1. The Balaban J connectivity index is 2.14. The number of hydrogen-bond donors (Lipinski definition) is 1. The molecule has 0 spiro atoms. The zero-order valence-electron chi connectivity index (χ0n) is 11.0. The van der Waals surface area contributed by atoms with Crippen molar-refractivity contribution in [3.63, 3.8) is 0 Å². The van der Waals surface area contributed by atoms with Crippen LogP contribution < -0.4 is 5.32 Å². The summed E-state index contributed by atoms with van der Waals surface area (Å²) >= 11 is 0. The van der Waals surface area contributed by atoms with Gasteiger partial charge in [0.15, 0.2) is 0 Å². The van der Waals surface area contributed by atoms with E-state index < -0.39 is 0 Å². The van der Waals surface area contributed by atoms with Gasteiger partial charge in [-0.25, -0.2) is 4.39 Å². The summed E-state index contributed by atoms with van der Waals surface area (Å²) in [6.07, 6.45) is 0. The van der Waals surface area contributed by atoms with Gasteiger partial charge in [0.25, 0.3) is 0 Å². The highest BCUT2D eigenvalue weighted by Crippen LogP contribution is 2.17. The average molecular weight is 243 g/mol. The van der Waals surface area contributed by atoms with Crippen molar-refractivity contribution >= 4 is 5.69 Å². The molecule has 0 unspecified atom stereocenters. The summed E-state index contributed by atoms with van der Waals surface area (Å²) in [7, 11) is 0. The lowest BCUT2D eigenvalue weighted by atomic mass is 10.0. The summed E-state index contributed by atoms with van der Waals surface area (Å²) < 4.78 is 13.3. The molecule has 0 atom stereocenters. The second kappa shape index (κ2) is 5.21. The van der Waals surface area contributed by atoms with E-state index in [2.05, 4.69) is 37.4 Å². The van der Waals surface area contributed by atoms with E-state index in [-0.39, 0.29) is 5.82 Å². The summed E-state index contributed by atoms with van der Waals surface area (Å²) in [5.74, 6) is -0.196. The second-order valence-corrected chi connectivity index (χ2v) is 4.73. The minimum atomic E-state index is -0.196. The summed E-state index contributed by atoms with van der Waals surface area (Å²) in [6.45, 7) is 6.83. The van der Waals surface area contributed by atoms with E-state index in [1.807, 2.05) is 13.0 Å². The van der Waals surface area contributed by atoms with Crippen molar-refractivity contribution in [2.45, 2.75) is 27.3 Å². The molecule has 0 aliphatic carbocycles. The monoisotopic (exact) mass is 243 g/mol. The van der Waals surface area contributed by atoms with Crippen LogP contribution in [0.15, 0.2) is 36.4 Å². The van der Waals surface area contributed by atoms with Gasteiger partial charge in [0.1, 0.15) is 5.82 Å². The molecule has 2 aromatic carbocycles. The van der Waals surface area contributed by atoms with Gasteiger partial charge in [-0.15, -0.1) is 0 Å². The SMILES string of the molecule is Cc1cc(F)cc(NCc2cccc(C)c2C)c1. The Bertz CT molecular complexity index is 541. The lowest BCUT2D eigenvalue weighted by Gasteiger charge is -2.11. The Morgan fingerprint density at radius 3 is 2.56 bits per heavy atom. The number of halogens is 1. The topological polar surface area (TPSA) is 12.0 Å². The third-order valence-corrected chi connectivity index (χ3v) is 3.24. The zero-order valence-corrected chi connectivity index (χ0v) is 11.0. The molecule has 0 aromatic heterocycles. The quantitative estimate of drug-likeness (QED) is 0.844. The highest BCUT2D eigenvalue weighted by molar-refractivity contribution is 5.47. The minimum Gasteiger partial charge on any atom is -0.381 e. The number of benzene rings is 2. The molecule has 0 radical (unpaired) electrons. The molecule has 0 saturated heterocycles. The normalized spacial score (nSPS) is 10.4. The van der Waals surface area contributed by atoms with Gasteiger partial charge in [-0.2, -0.15) is 0 Å². The van der Waals surface area contributed by atoms with Gasteiger partial charge < -0.3 is 5.32 Å². The van der Waals surface area contributed by atoms with E-state index in [0.29, 0.717) is 0 Å². The Labute approximate surface area is 108 Å².